The Morgan fingerprint density at radius 2 is 0.952 bits per heavy atom. The summed E-state index contributed by atoms with van der Waals surface area (Å²) in [6.07, 6.45) is 0. The van der Waals surface area contributed by atoms with Crippen LogP contribution in [0.1, 0.15) is 0 Å². The smallest absolute Gasteiger partial charge is 0.128 e. The monoisotopic (exact) mass is 281 g/mol. The molecule has 0 saturated heterocycles. The molecule has 0 unspecified atom stereocenters. The molecule has 0 spiro atoms. The van der Waals surface area contributed by atoms with Crippen LogP contribution in [-0.4, -0.2) is 0 Å². The van der Waals surface area contributed by atoms with Gasteiger partial charge in [0.25, 0.3) is 0 Å². The maximum absolute atomic E-state index is 13.6. The molecule has 0 fully saturated rings. The van der Waals surface area contributed by atoms with Crippen molar-refractivity contribution in [2.45, 2.75) is 0 Å². The molecule has 0 amide bonds. The number of hydrogen-bond acceptors (Lipinski definition) is 1. The highest BCUT2D eigenvalue weighted by atomic mass is 19.1. The molecule has 104 valence electrons. The molecule has 3 aromatic carbocycles. The minimum atomic E-state index is -0.595. The Morgan fingerprint density at radius 1 is 0.524 bits per heavy atom. The molecular formula is C18H13F2N. The largest absolute Gasteiger partial charge is 0.310 e. The zero-order valence-corrected chi connectivity index (χ0v) is 11.2. The second-order valence-electron chi connectivity index (χ2n) is 4.63. The maximum atomic E-state index is 13.6. The Kier molecular flexibility index (Phi) is 3.65. The SMILES string of the molecule is Fc1cc(F)cc(N(c2ccccc2)c2ccccc2)c1. The van der Waals surface area contributed by atoms with Gasteiger partial charge in [-0.1, -0.05) is 36.4 Å². The lowest BCUT2D eigenvalue weighted by Gasteiger charge is -2.25. The first-order valence-electron chi connectivity index (χ1n) is 6.60. The van der Waals surface area contributed by atoms with Gasteiger partial charge >= 0.3 is 0 Å². The van der Waals surface area contributed by atoms with E-state index in [4.69, 9.17) is 0 Å². The van der Waals surface area contributed by atoms with Gasteiger partial charge in [-0.2, -0.15) is 0 Å². The number of benzene rings is 3. The van der Waals surface area contributed by atoms with E-state index in [0.29, 0.717) is 5.69 Å². The standard InChI is InChI=1S/C18H13F2N/c19-14-11-15(20)13-18(12-14)21(16-7-3-1-4-8-16)17-9-5-2-6-10-17/h1-13H. The van der Waals surface area contributed by atoms with E-state index in [0.717, 1.165) is 17.4 Å². The van der Waals surface area contributed by atoms with Crippen molar-refractivity contribution in [1.29, 1.82) is 0 Å². The van der Waals surface area contributed by atoms with Crippen LogP contribution in [0.2, 0.25) is 0 Å². The van der Waals surface area contributed by atoms with Crippen molar-refractivity contribution in [2.75, 3.05) is 4.90 Å². The second-order valence-corrected chi connectivity index (χ2v) is 4.63. The Balaban J connectivity index is 2.17. The lowest BCUT2D eigenvalue weighted by Crippen LogP contribution is -2.10. The summed E-state index contributed by atoms with van der Waals surface area (Å²) in [5.41, 5.74) is 2.13. The van der Waals surface area contributed by atoms with Gasteiger partial charge in [0.2, 0.25) is 0 Å². The van der Waals surface area contributed by atoms with Gasteiger partial charge in [0.05, 0.1) is 5.69 Å². The van der Waals surface area contributed by atoms with Gasteiger partial charge in [-0.25, -0.2) is 8.78 Å². The van der Waals surface area contributed by atoms with Gasteiger partial charge in [-0.15, -0.1) is 0 Å². The zero-order chi connectivity index (χ0) is 14.7. The van der Waals surface area contributed by atoms with E-state index in [9.17, 15) is 8.78 Å². The first-order chi connectivity index (χ1) is 10.2. The summed E-state index contributed by atoms with van der Waals surface area (Å²) in [6.45, 7) is 0. The molecule has 0 aliphatic heterocycles. The molecule has 3 aromatic rings. The van der Waals surface area contributed by atoms with Crippen molar-refractivity contribution in [3.05, 3.63) is 90.5 Å². The average Bonchev–Trinajstić information content (AvgIpc) is 2.49. The Hall–Kier alpha value is -2.68. The number of nitrogens with zero attached hydrogens (tertiary/aromatic N) is 1. The molecule has 0 atom stereocenters. The molecule has 0 radical (unpaired) electrons. The first kappa shape index (κ1) is 13.3. The van der Waals surface area contributed by atoms with E-state index in [1.807, 2.05) is 65.6 Å². The summed E-state index contributed by atoms with van der Waals surface area (Å²) in [5, 5.41) is 0. The van der Waals surface area contributed by atoms with Crippen LogP contribution in [0.25, 0.3) is 0 Å². The molecular weight excluding hydrogens is 268 g/mol. The van der Waals surface area contributed by atoms with E-state index >= 15 is 0 Å². The number of para-hydroxylation sites is 2. The van der Waals surface area contributed by atoms with Crippen LogP contribution in [0.4, 0.5) is 25.8 Å². The zero-order valence-electron chi connectivity index (χ0n) is 11.2. The maximum Gasteiger partial charge on any atom is 0.128 e. The molecule has 0 heterocycles. The third-order valence-corrected chi connectivity index (χ3v) is 3.13. The third kappa shape index (κ3) is 2.92. The molecule has 3 heteroatoms. The van der Waals surface area contributed by atoms with Crippen molar-refractivity contribution in [3.8, 4) is 0 Å². The van der Waals surface area contributed by atoms with E-state index < -0.39 is 11.6 Å². The molecule has 0 aliphatic carbocycles. The predicted octanol–water partition coefficient (Wildman–Crippen LogP) is 5.43. The normalized spacial score (nSPS) is 10.4. The van der Waals surface area contributed by atoms with Crippen LogP contribution >= 0.6 is 0 Å². The van der Waals surface area contributed by atoms with Gasteiger partial charge in [0, 0.05) is 17.4 Å². The average molecular weight is 281 g/mol. The van der Waals surface area contributed by atoms with Crippen LogP contribution in [0.5, 0.6) is 0 Å². The Bertz CT molecular complexity index is 667. The van der Waals surface area contributed by atoms with Crippen LogP contribution in [0, 0.1) is 11.6 Å². The number of anilines is 3. The summed E-state index contributed by atoms with van der Waals surface area (Å²) < 4.78 is 27.1. The molecule has 0 aliphatic rings. The molecule has 3 rings (SSSR count). The van der Waals surface area contributed by atoms with Gasteiger partial charge in [0.1, 0.15) is 11.6 Å². The van der Waals surface area contributed by atoms with E-state index in [1.54, 1.807) is 0 Å². The van der Waals surface area contributed by atoms with Crippen LogP contribution in [-0.2, 0) is 0 Å². The van der Waals surface area contributed by atoms with Crippen molar-refractivity contribution < 1.29 is 8.78 Å². The number of halogens is 2. The third-order valence-electron chi connectivity index (χ3n) is 3.13. The molecule has 21 heavy (non-hydrogen) atoms. The topological polar surface area (TPSA) is 3.24 Å². The lowest BCUT2D eigenvalue weighted by molar-refractivity contribution is 0.584. The highest BCUT2D eigenvalue weighted by molar-refractivity contribution is 5.76. The number of hydrogen-bond donors (Lipinski definition) is 0. The molecule has 0 N–H and O–H groups in total. The van der Waals surface area contributed by atoms with Gasteiger partial charge < -0.3 is 4.90 Å². The highest BCUT2D eigenvalue weighted by Crippen LogP contribution is 2.34. The molecule has 0 bridgehead atoms. The van der Waals surface area contributed by atoms with Crippen LogP contribution < -0.4 is 4.90 Å². The van der Waals surface area contributed by atoms with Crippen molar-refractivity contribution in [1.82, 2.24) is 0 Å². The van der Waals surface area contributed by atoms with Crippen molar-refractivity contribution in [3.63, 3.8) is 0 Å². The van der Waals surface area contributed by atoms with Crippen molar-refractivity contribution >= 4 is 17.1 Å². The van der Waals surface area contributed by atoms with Gasteiger partial charge in [-0.05, 0) is 36.4 Å². The fourth-order valence-electron chi connectivity index (χ4n) is 2.27. The van der Waals surface area contributed by atoms with E-state index in [1.165, 1.54) is 12.1 Å². The first-order valence-corrected chi connectivity index (χ1v) is 6.60. The summed E-state index contributed by atoms with van der Waals surface area (Å²) in [6, 6.07) is 22.5. The summed E-state index contributed by atoms with van der Waals surface area (Å²) in [7, 11) is 0. The van der Waals surface area contributed by atoms with Gasteiger partial charge in [0.15, 0.2) is 0 Å². The minimum Gasteiger partial charge on any atom is -0.310 e. The second kappa shape index (κ2) is 5.75. The summed E-state index contributed by atoms with van der Waals surface area (Å²) in [4.78, 5) is 1.81. The summed E-state index contributed by atoms with van der Waals surface area (Å²) in [5.74, 6) is -1.19. The predicted molar refractivity (Wildman–Crippen MR) is 81.0 cm³/mol. The quantitative estimate of drug-likeness (QED) is 0.618. The van der Waals surface area contributed by atoms with Gasteiger partial charge in [-0.3, -0.25) is 0 Å². The highest BCUT2D eigenvalue weighted by Gasteiger charge is 2.13. The Labute approximate surface area is 122 Å². The molecule has 0 saturated carbocycles. The Morgan fingerprint density at radius 3 is 1.38 bits per heavy atom. The van der Waals surface area contributed by atoms with E-state index in [2.05, 4.69) is 0 Å². The molecule has 1 nitrogen and oxygen atoms in total. The lowest BCUT2D eigenvalue weighted by atomic mass is 10.2. The molecule has 0 aromatic heterocycles. The fraction of sp³-hybridized carbons (Fsp3) is 0. The summed E-state index contributed by atoms with van der Waals surface area (Å²) >= 11 is 0. The van der Waals surface area contributed by atoms with Crippen LogP contribution in [0.3, 0.4) is 0 Å². The van der Waals surface area contributed by atoms with Crippen molar-refractivity contribution in [2.24, 2.45) is 0 Å². The minimum absolute atomic E-state index is 0.449. The fourth-order valence-corrected chi connectivity index (χ4v) is 2.27. The van der Waals surface area contributed by atoms with Crippen LogP contribution in [0.15, 0.2) is 78.9 Å². The van der Waals surface area contributed by atoms with E-state index in [-0.39, 0.29) is 0 Å². The number of rotatable bonds is 3.